The molecule has 0 radical (unpaired) electrons. The minimum absolute atomic E-state index is 0.101. The van der Waals surface area contributed by atoms with Crippen LogP contribution in [0.1, 0.15) is 22.1 Å². The number of aromatic amines is 1. The van der Waals surface area contributed by atoms with Gasteiger partial charge in [-0.05, 0) is 36.4 Å². The second-order valence-corrected chi connectivity index (χ2v) is 5.51. The van der Waals surface area contributed by atoms with Gasteiger partial charge in [-0.3, -0.25) is 9.89 Å². The van der Waals surface area contributed by atoms with Crippen molar-refractivity contribution in [1.29, 1.82) is 0 Å². The van der Waals surface area contributed by atoms with Crippen LogP contribution < -0.4 is 15.4 Å². The Labute approximate surface area is 138 Å². The first kappa shape index (κ1) is 14.3. The lowest BCUT2D eigenvalue weighted by atomic mass is 10.0. The maximum atomic E-state index is 12.3. The minimum Gasteiger partial charge on any atom is -0.497 e. The van der Waals surface area contributed by atoms with E-state index in [1.54, 1.807) is 19.4 Å². The molecule has 3 N–H and O–H groups in total. The number of para-hydroxylation sites is 1. The molecule has 1 unspecified atom stereocenters. The monoisotopic (exact) mass is 320 g/mol. The Balaban J connectivity index is 1.69. The van der Waals surface area contributed by atoms with Crippen LogP contribution in [0.15, 0.2) is 54.7 Å². The number of aromatic nitrogens is 2. The smallest absolute Gasteiger partial charge is 0.255 e. The molecule has 0 aliphatic carbocycles. The average Bonchev–Trinajstić information content (AvgIpc) is 3.11. The van der Waals surface area contributed by atoms with Gasteiger partial charge in [0.25, 0.3) is 5.91 Å². The summed E-state index contributed by atoms with van der Waals surface area (Å²) in [7, 11) is 1.63. The summed E-state index contributed by atoms with van der Waals surface area (Å²) in [5, 5.41) is 13.5. The van der Waals surface area contributed by atoms with Crippen molar-refractivity contribution >= 4 is 11.6 Å². The predicted molar refractivity (Wildman–Crippen MR) is 90.8 cm³/mol. The largest absolute Gasteiger partial charge is 0.497 e. The third-order valence-corrected chi connectivity index (χ3v) is 4.09. The molecule has 1 atom stereocenters. The number of hydrogen-bond donors (Lipinski definition) is 3. The molecule has 0 saturated carbocycles. The van der Waals surface area contributed by atoms with Gasteiger partial charge in [-0.2, -0.15) is 5.10 Å². The minimum atomic E-state index is -0.344. The molecule has 2 aromatic carbocycles. The van der Waals surface area contributed by atoms with Gasteiger partial charge in [0.05, 0.1) is 18.4 Å². The third-order valence-electron chi connectivity index (χ3n) is 4.09. The quantitative estimate of drug-likeness (QED) is 0.693. The standard InChI is InChI=1S/C18H16N4O2/c1-24-12-8-6-11(7-9-12)16-14(10-19-22-16)17-20-15-5-3-2-4-13(15)18(23)21-17/h2-10,17,20H,1H3,(H,19,22)(H,21,23). The fourth-order valence-electron chi connectivity index (χ4n) is 2.86. The molecule has 4 rings (SSSR count). The molecule has 1 aliphatic heterocycles. The van der Waals surface area contributed by atoms with Crippen molar-refractivity contribution in [1.82, 2.24) is 15.5 Å². The fraction of sp³-hybridized carbons (Fsp3) is 0.111. The first-order chi connectivity index (χ1) is 11.8. The van der Waals surface area contributed by atoms with Crippen molar-refractivity contribution in [3.63, 3.8) is 0 Å². The molecule has 0 spiro atoms. The van der Waals surface area contributed by atoms with Gasteiger partial charge in [-0.25, -0.2) is 0 Å². The molecule has 1 aromatic heterocycles. The molecule has 0 saturated heterocycles. The van der Waals surface area contributed by atoms with E-state index in [1.807, 2.05) is 42.5 Å². The van der Waals surface area contributed by atoms with Gasteiger partial charge in [0, 0.05) is 23.0 Å². The van der Waals surface area contributed by atoms with Gasteiger partial charge in [0.2, 0.25) is 0 Å². The van der Waals surface area contributed by atoms with Gasteiger partial charge in [-0.15, -0.1) is 0 Å². The summed E-state index contributed by atoms with van der Waals surface area (Å²) in [5.41, 5.74) is 4.07. The third kappa shape index (κ3) is 2.38. The number of nitrogens with zero attached hydrogens (tertiary/aromatic N) is 1. The number of anilines is 1. The van der Waals surface area contributed by atoms with E-state index >= 15 is 0 Å². The summed E-state index contributed by atoms with van der Waals surface area (Å²) < 4.78 is 5.19. The molecule has 3 aromatic rings. The molecule has 0 bridgehead atoms. The van der Waals surface area contributed by atoms with Crippen LogP contribution in [-0.4, -0.2) is 23.2 Å². The van der Waals surface area contributed by atoms with E-state index in [0.717, 1.165) is 28.3 Å². The van der Waals surface area contributed by atoms with E-state index in [4.69, 9.17) is 4.74 Å². The van der Waals surface area contributed by atoms with Crippen molar-refractivity contribution in [2.24, 2.45) is 0 Å². The van der Waals surface area contributed by atoms with Gasteiger partial charge >= 0.3 is 0 Å². The zero-order valence-corrected chi connectivity index (χ0v) is 13.0. The number of benzene rings is 2. The number of hydrogen-bond acceptors (Lipinski definition) is 4. The fourth-order valence-corrected chi connectivity index (χ4v) is 2.86. The van der Waals surface area contributed by atoms with Crippen LogP contribution in [0.25, 0.3) is 11.3 Å². The molecule has 120 valence electrons. The molecule has 1 amide bonds. The Bertz CT molecular complexity index is 886. The van der Waals surface area contributed by atoms with Crippen molar-refractivity contribution in [2.75, 3.05) is 12.4 Å². The lowest BCUT2D eigenvalue weighted by Crippen LogP contribution is -2.38. The molecule has 6 heteroatoms. The van der Waals surface area contributed by atoms with E-state index in [0.29, 0.717) is 5.56 Å². The number of methoxy groups -OCH3 is 1. The molecule has 6 nitrogen and oxygen atoms in total. The number of carbonyl (C=O) groups excluding carboxylic acids is 1. The first-order valence-corrected chi connectivity index (χ1v) is 7.61. The maximum absolute atomic E-state index is 12.3. The van der Waals surface area contributed by atoms with Gasteiger partial charge < -0.3 is 15.4 Å². The highest BCUT2D eigenvalue weighted by Crippen LogP contribution is 2.31. The highest BCUT2D eigenvalue weighted by molar-refractivity contribution is 6.01. The van der Waals surface area contributed by atoms with E-state index in [2.05, 4.69) is 20.8 Å². The Morgan fingerprint density at radius 3 is 2.62 bits per heavy atom. The number of nitrogens with one attached hydrogen (secondary N) is 3. The SMILES string of the molecule is COc1ccc(-c2n[nH]cc2C2NC(=O)c3ccccc3N2)cc1. The number of amides is 1. The maximum Gasteiger partial charge on any atom is 0.255 e. The highest BCUT2D eigenvalue weighted by atomic mass is 16.5. The van der Waals surface area contributed by atoms with E-state index in [-0.39, 0.29) is 12.1 Å². The highest BCUT2D eigenvalue weighted by Gasteiger charge is 2.27. The van der Waals surface area contributed by atoms with Crippen molar-refractivity contribution in [3.8, 4) is 17.0 Å². The van der Waals surface area contributed by atoms with Gasteiger partial charge in [0.1, 0.15) is 11.9 Å². The predicted octanol–water partition coefficient (Wildman–Crippen LogP) is 2.94. The molecular weight excluding hydrogens is 304 g/mol. The summed E-state index contributed by atoms with van der Waals surface area (Å²) in [6, 6.07) is 15.1. The summed E-state index contributed by atoms with van der Waals surface area (Å²) in [4.78, 5) is 12.3. The van der Waals surface area contributed by atoms with Crippen LogP contribution in [0.4, 0.5) is 5.69 Å². The first-order valence-electron chi connectivity index (χ1n) is 7.61. The number of carbonyl (C=O) groups is 1. The molecule has 24 heavy (non-hydrogen) atoms. The van der Waals surface area contributed by atoms with Crippen molar-refractivity contribution in [2.45, 2.75) is 6.17 Å². The average molecular weight is 320 g/mol. The Kier molecular flexibility index (Phi) is 3.42. The van der Waals surface area contributed by atoms with Crippen LogP contribution in [0, 0.1) is 0 Å². The molecule has 0 fully saturated rings. The topological polar surface area (TPSA) is 79.0 Å². The summed E-state index contributed by atoms with van der Waals surface area (Å²) in [6.07, 6.45) is 1.45. The van der Waals surface area contributed by atoms with Gasteiger partial charge in [-0.1, -0.05) is 12.1 Å². The van der Waals surface area contributed by atoms with Gasteiger partial charge in [0.15, 0.2) is 0 Å². The van der Waals surface area contributed by atoms with Crippen LogP contribution in [0.5, 0.6) is 5.75 Å². The summed E-state index contributed by atoms with van der Waals surface area (Å²) in [5.74, 6) is 0.685. The lowest BCUT2D eigenvalue weighted by Gasteiger charge is -2.27. The Morgan fingerprint density at radius 1 is 1.04 bits per heavy atom. The zero-order chi connectivity index (χ0) is 16.5. The second kappa shape index (κ2) is 5.73. The normalized spacial score (nSPS) is 16.0. The zero-order valence-electron chi connectivity index (χ0n) is 13.0. The van der Waals surface area contributed by atoms with Crippen LogP contribution in [-0.2, 0) is 0 Å². The Hall–Kier alpha value is -3.28. The van der Waals surface area contributed by atoms with Crippen LogP contribution in [0.3, 0.4) is 0 Å². The lowest BCUT2D eigenvalue weighted by molar-refractivity contribution is 0.0936. The second-order valence-electron chi connectivity index (χ2n) is 5.51. The number of ether oxygens (including phenoxy) is 1. The number of rotatable bonds is 3. The van der Waals surface area contributed by atoms with E-state index in [9.17, 15) is 4.79 Å². The summed E-state index contributed by atoms with van der Waals surface area (Å²) >= 11 is 0. The van der Waals surface area contributed by atoms with Crippen LogP contribution >= 0.6 is 0 Å². The van der Waals surface area contributed by atoms with Crippen LogP contribution in [0.2, 0.25) is 0 Å². The molecule has 1 aliphatic rings. The van der Waals surface area contributed by atoms with Crippen molar-refractivity contribution in [3.05, 3.63) is 65.9 Å². The summed E-state index contributed by atoms with van der Waals surface area (Å²) in [6.45, 7) is 0. The van der Waals surface area contributed by atoms with Crippen molar-refractivity contribution < 1.29 is 9.53 Å². The molecular formula is C18H16N4O2. The molecule has 2 heterocycles. The van der Waals surface area contributed by atoms with E-state index in [1.165, 1.54) is 0 Å². The van der Waals surface area contributed by atoms with E-state index < -0.39 is 0 Å². The number of fused-ring (bicyclic) bond motifs is 1. The number of H-pyrrole nitrogens is 1. The Morgan fingerprint density at radius 2 is 1.83 bits per heavy atom.